The second-order valence-corrected chi connectivity index (χ2v) is 8.02. The summed E-state index contributed by atoms with van der Waals surface area (Å²) in [5.74, 6) is 0.221. The fourth-order valence-corrected chi connectivity index (χ4v) is 3.47. The van der Waals surface area contributed by atoms with Gasteiger partial charge in [0.2, 0.25) is 15.9 Å². The van der Waals surface area contributed by atoms with E-state index < -0.39 is 10.0 Å². The van der Waals surface area contributed by atoms with Gasteiger partial charge in [-0.3, -0.25) is 9.69 Å². The van der Waals surface area contributed by atoms with Gasteiger partial charge in [-0.1, -0.05) is 12.1 Å². The molecule has 1 heterocycles. The number of piperidine rings is 1. The molecule has 2 N–H and O–H groups in total. The molecule has 6 nitrogen and oxygen atoms in total. The Balaban J connectivity index is 1.89. The number of nitrogens with zero attached hydrogens (tertiary/aromatic N) is 2. The minimum absolute atomic E-state index is 0.0914. The van der Waals surface area contributed by atoms with Gasteiger partial charge in [-0.05, 0) is 50.9 Å². The largest absolute Gasteiger partial charge is 0.343 e. The van der Waals surface area contributed by atoms with E-state index in [1.54, 1.807) is 12.1 Å². The number of likely N-dealkylation sites (tertiary alicyclic amines) is 1. The third-order valence-corrected chi connectivity index (χ3v) is 5.67. The number of nitrogens with two attached hydrogens (primary N) is 1. The van der Waals surface area contributed by atoms with Crippen molar-refractivity contribution in [2.75, 3.05) is 26.7 Å². The molecule has 1 unspecified atom stereocenters. The minimum Gasteiger partial charge on any atom is -0.343 e. The topological polar surface area (TPSA) is 83.7 Å². The fourth-order valence-electron chi connectivity index (χ4n) is 2.96. The summed E-state index contributed by atoms with van der Waals surface area (Å²) in [5.41, 5.74) is 0.996. The predicted octanol–water partition coefficient (Wildman–Crippen LogP) is 1.73. The van der Waals surface area contributed by atoms with Crippen LogP contribution in [-0.2, 0) is 14.8 Å². The molecule has 0 aromatic heterocycles. The SMILES string of the molecule is CC(c1ccc(S(N)(=O)=O)cc1)N(C)CCC(=O)N1CCCCC1. The van der Waals surface area contributed by atoms with E-state index in [4.69, 9.17) is 5.14 Å². The molecular formula is C17H27N3O3S. The van der Waals surface area contributed by atoms with E-state index in [1.165, 1.54) is 18.6 Å². The number of hydrogen-bond acceptors (Lipinski definition) is 4. The van der Waals surface area contributed by atoms with Crippen LogP contribution in [0.5, 0.6) is 0 Å². The Bertz CT molecular complexity index is 652. The van der Waals surface area contributed by atoms with Crippen LogP contribution in [0.3, 0.4) is 0 Å². The average molecular weight is 353 g/mol. The van der Waals surface area contributed by atoms with Crippen molar-refractivity contribution in [3.05, 3.63) is 29.8 Å². The normalized spacial score (nSPS) is 17.1. The molecular weight excluding hydrogens is 326 g/mol. The molecule has 0 bridgehead atoms. The monoisotopic (exact) mass is 353 g/mol. The van der Waals surface area contributed by atoms with Gasteiger partial charge < -0.3 is 4.90 Å². The summed E-state index contributed by atoms with van der Waals surface area (Å²) in [4.78, 5) is 16.4. The third-order valence-electron chi connectivity index (χ3n) is 4.74. The number of carbonyl (C=O) groups excluding carboxylic acids is 1. The lowest BCUT2D eigenvalue weighted by Crippen LogP contribution is -2.37. The van der Waals surface area contributed by atoms with E-state index in [2.05, 4.69) is 4.90 Å². The first-order chi connectivity index (χ1) is 11.3. The number of primary sulfonamides is 1. The number of amides is 1. The molecule has 1 fully saturated rings. The molecule has 1 amide bonds. The summed E-state index contributed by atoms with van der Waals surface area (Å²) in [7, 11) is -1.69. The lowest BCUT2D eigenvalue weighted by molar-refractivity contribution is -0.132. The molecule has 1 aliphatic rings. The Labute approximate surface area is 144 Å². The Kier molecular flexibility index (Phi) is 6.37. The molecule has 2 rings (SSSR count). The smallest absolute Gasteiger partial charge is 0.238 e. The van der Waals surface area contributed by atoms with E-state index >= 15 is 0 Å². The first-order valence-electron chi connectivity index (χ1n) is 8.40. The van der Waals surface area contributed by atoms with E-state index in [0.29, 0.717) is 13.0 Å². The van der Waals surface area contributed by atoms with Gasteiger partial charge in [-0.2, -0.15) is 0 Å². The highest BCUT2D eigenvalue weighted by Gasteiger charge is 2.19. The van der Waals surface area contributed by atoms with Gasteiger partial charge in [-0.15, -0.1) is 0 Å². The van der Waals surface area contributed by atoms with Crippen molar-refractivity contribution in [1.82, 2.24) is 9.80 Å². The van der Waals surface area contributed by atoms with Crippen LogP contribution >= 0.6 is 0 Å². The lowest BCUT2D eigenvalue weighted by Gasteiger charge is -2.29. The van der Waals surface area contributed by atoms with Crippen LogP contribution in [-0.4, -0.2) is 50.8 Å². The Morgan fingerprint density at radius 2 is 1.79 bits per heavy atom. The van der Waals surface area contributed by atoms with Crippen molar-refractivity contribution in [2.45, 2.75) is 43.5 Å². The van der Waals surface area contributed by atoms with Crippen LogP contribution in [0.1, 0.15) is 44.2 Å². The van der Waals surface area contributed by atoms with Gasteiger partial charge >= 0.3 is 0 Å². The summed E-state index contributed by atoms with van der Waals surface area (Å²) in [6.45, 7) is 4.48. The average Bonchev–Trinajstić information content (AvgIpc) is 2.58. The number of rotatable bonds is 6. The van der Waals surface area contributed by atoms with E-state index in [0.717, 1.165) is 31.5 Å². The lowest BCUT2D eigenvalue weighted by atomic mass is 10.1. The van der Waals surface area contributed by atoms with Crippen molar-refractivity contribution in [2.24, 2.45) is 5.14 Å². The summed E-state index contributed by atoms with van der Waals surface area (Å²) in [6, 6.07) is 6.68. The highest BCUT2D eigenvalue weighted by atomic mass is 32.2. The van der Waals surface area contributed by atoms with Crippen LogP contribution in [0.2, 0.25) is 0 Å². The molecule has 1 atom stereocenters. The van der Waals surface area contributed by atoms with Crippen molar-refractivity contribution < 1.29 is 13.2 Å². The van der Waals surface area contributed by atoms with Gasteiger partial charge in [0.25, 0.3) is 0 Å². The van der Waals surface area contributed by atoms with Gasteiger partial charge in [0.1, 0.15) is 0 Å². The zero-order chi connectivity index (χ0) is 17.7. The molecule has 1 aromatic rings. The van der Waals surface area contributed by atoms with Gasteiger partial charge in [0.15, 0.2) is 0 Å². The molecule has 1 saturated heterocycles. The molecule has 134 valence electrons. The highest BCUT2D eigenvalue weighted by molar-refractivity contribution is 7.89. The second kappa shape index (κ2) is 8.09. The van der Waals surface area contributed by atoms with Crippen LogP contribution < -0.4 is 5.14 Å². The zero-order valence-corrected chi connectivity index (χ0v) is 15.3. The number of hydrogen-bond donors (Lipinski definition) is 1. The quantitative estimate of drug-likeness (QED) is 0.844. The molecule has 0 aliphatic carbocycles. The third kappa shape index (κ3) is 5.03. The van der Waals surface area contributed by atoms with Gasteiger partial charge in [0, 0.05) is 32.1 Å². The van der Waals surface area contributed by atoms with Crippen LogP contribution in [0.25, 0.3) is 0 Å². The fraction of sp³-hybridized carbons (Fsp3) is 0.588. The first kappa shape index (κ1) is 18.9. The van der Waals surface area contributed by atoms with E-state index in [1.807, 2.05) is 18.9 Å². The Morgan fingerprint density at radius 1 is 1.21 bits per heavy atom. The molecule has 24 heavy (non-hydrogen) atoms. The van der Waals surface area contributed by atoms with Gasteiger partial charge in [-0.25, -0.2) is 13.6 Å². The van der Waals surface area contributed by atoms with Crippen molar-refractivity contribution in [3.8, 4) is 0 Å². The highest BCUT2D eigenvalue weighted by Crippen LogP contribution is 2.21. The first-order valence-corrected chi connectivity index (χ1v) is 9.94. The van der Waals surface area contributed by atoms with Crippen LogP contribution in [0.4, 0.5) is 0 Å². The number of carbonyl (C=O) groups is 1. The second-order valence-electron chi connectivity index (χ2n) is 6.46. The number of sulfonamides is 1. The molecule has 1 aromatic carbocycles. The maximum atomic E-state index is 12.2. The Hall–Kier alpha value is -1.44. The van der Waals surface area contributed by atoms with Crippen molar-refractivity contribution in [1.29, 1.82) is 0 Å². The Morgan fingerprint density at radius 3 is 2.33 bits per heavy atom. The molecule has 1 aliphatic heterocycles. The summed E-state index contributed by atoms with van der Waals surface area (Å²) in [6.07, 6.45) is 3.94. The molecule has 0 spiro atoms. The standard InChI is InChI=1S/C17H27N3O3S/c1-14(15-6-8-16(9-7-15)24(18,22)23)19(2)13-10-17(21)20-11-4-3-5-12-20/h6-9,14H,3-5,10-13H2,1-2H3,(H2,18,22,23). The predicted molar refractivity (Wildman–Crippen MR) is 93.9 cm³/mol. The number of benzene rings is 1. The van der Waals surface area contributed by atoms with Crippen molar-refractivity contribution in [3.63, 3.8) is 0 Å². The maximum absolute atomic E-state index is 12.2. The van der Waals surface area contributed by atoms with E-state index in [-0.39, 0.29) is 16.8 Å². The van der Waals surface area contributed by atoms with Crippen LogP contribution in [0, 0.1) is 0 Å². The molecule has 0 radical (unpaired) electrons. The van der Waals surface area contributed by atoms with E-state index in [9.17, 15) is 13.2 Å². The molecule has 7 heteroatoms. The maximum Gasteiger partial charge on any atom is 0.238 e. The summed E-state index contributed by atoms with van der Waals surface area (Å²) < 4.78 is 22.6. The van der Waals surface area contributed by atoms with Crippen LogP contribution in [0.15, 0.2) is 29.2 Å². The molecule has 0 saturated carbocycles. The zero-order valence-electron chi connectivity index (χ0n) is 14.4. The minimum atomic E-state index is -3.66. The summed E-state index contributed by atoms with van der Waals surface area (Å²) in [5, 5.41) is 5.11. The van der Waals surface area contributed by atoms with Crippen molar-refractivity contribution >= 4 is 15.9 Å². The van der Waals surface area contributed by atoms with Gasteiger partial charge in [0.05, 0.1) is 4.90 Å². The summed E-state index contributed by atoms with van der Waals surface area (Å²) >= 11 is 0.